The Hall–Kier alpha value is -3.23. The summed E-state index contributed by atoms with van der Waals surface area (Å²) in [5.41, 5.74) is 2.48. The standard InChI is InChI=1S/C24H29FN8/c1-15-4-7-19(11-20(15)25)32-8-3-9-33-24(32)29-23(30-33)28-22-17-5-6-18(22)13-31(12-17)21-10-16(2)26-14-27-21/h4,7,10-11,14,17-18,22H,3,5-6,8-9,12-13H2,1-2H3,(H,28,30)/t17-,18?,22-/m0/s1. The Kier molecular flexibility index (Phi) is 4.92. The molecule has 2 aromatic heterocycles. The van der Waals surface area contributed by atoms with Gasteiger partial charge in [0.2, 0.25) is 11.9 Å². The van der Waals surface area contributed by atoms with Gasteiger partial charge in [0, 0.05) is 49.7 Å². The molecule has 1 N–H and O–H groups in total. The lowest BCUT2D eigenvalue weighted by Gasteiger charge is -2.38. The van der Waals surface area contributed by atoms with Crippen molar-refractivity contribution in [1.82, 2.24) is 24.7 Å². The van der Waals surface area contributed by atoms with Crippen molar-refractivity contribution in [3.63, 3.8) is 0 Å². The molecule has 2 fully saturated rings. The number of fused-ring (bicyclic) bond motifs is 3. The zero-order valence-electron chi connectivity index (χ0n) is 19.1. The Labute approximate surface area is 192 Å². The summed E-state index contributed by atoms with van der Waals surface area (Å²) in [4.78, 5) is 18.0. The van der Waals surface area contributed by atoms with E-state index in [1.807, 2.05) is 23.7 Å². The van der Waals surface area contributed by atoms with E-state index >= 15 is 0 Å². The molecule has 4 heterocycles. The van der Waals surface area contributed by atoms with E-state index in [1.54, 1.807) is 19.3 Å². The van der Waals surface area contributed by atoms with Crippen LogP contribution in [0.5, 0.6) is 0 Å². The summed E-state index contributed by atoms with van der Waals surface area (Å²) in [6, 6.07) is 7.81. The molecule has 0 spiro atoms. The Morgan fingerprint density at radius 3 is 2.61 bits per heavy atom. The van der Waals surface area contributed by atoms with Crippen LogP contribution in [0.25, 0.3) is 0 Å². The highest BCUT2D eigenvalue weighted by Crippen LogP contribution is 2.40. The minimum absolute atomic E-state index is 0.190. The van der Waals surface area contributed by atoms with Crippen LogP contribution in [0.1, 0.15) is 30.5 Å². The SMILES string of the molecule is Cc1cc(N2CC3CC[C@@H](C2)[C@@H]3Nc2nc3n(n2)CCCN3c2ccc(C)c(F)c2)ncn1. The number of hydrogen-bond acceptors (Lipinski definition) is 7. The van der Waals surface area contributed by atoms with Gasteiger partial charge in [-0.05, 0) is 62.6 Å². The summed E-state index contributed by atoms with van der Waals surface area (Å²) in [7, 11) is 0. The highest BCUT2D eigenvalue weighted by molar-refractivity contribution is 5.60. The summed E-state index contributed by atoms with van der Waals surface area (Å²) in [6.45, 7) is 7.38. The smallest absolute Gasteiger partial charge is 0.244 e. The van der Waals surface area contributed by atoms with Crippen molar-refractivity contribution in [1.29, 1.82) is 0 Å². The molecule has 1 saturated heterocycles. The number of aryl methyl sites for hydroxylation is 3. The number of hydrogen-bond donors (Lipinski definition) is 1. The number of nitrogens with one attached hydrogen (secondary N) is 1. The van der Waals surface area contributed by atoms with Crippen molar-refractivity contribution < 1.29 is 4.39 Å². The summed E-state index contributed by atoms with van der Waals surface area (Å²) in [6.07, 6.45) is 5.01. The molecule has 1 aliphatic carbocycles. The van der Waals surface area contributed by atoms with Crippen molar-refractivity contribution in [2.45, 2.75) is 45.7 Å². The molecule has 1 unspecified atom stereocenters. The van der Waals surface area contributed by atoms with Gasteiger partial charge < -0.3 is 15.1 Å². The topological polar surface area (TPSA) is 75.0 Å². The third kappa shape index (κ3) is 3.69. The van der Waals surface area contributed by atoms with E-state index in [1.165, 1.54) is 12.8 Å². The maximum Gasteiger partial charge on any atom is 0.244 e. The van der Waals surface area contributed by atoms with Gasteiger partial charge in [-0.15, -0.1) is 5.10 Å². The van der Waals surface area contributed by atoms with Gasteiger partial charge in [-0.3, -0.25) is 0 Å². The van der Waals surface area contributed by atoms with E-state index in [0.29, 0.717) is 29.4 Å². The molecule has 8 nitrogen and oxygen atoms in total. The zero-order chi connectivity index (χ0) is 22.5. The van der Waals surface area contributed by atoms with Gasteiger partial charge in [-0.1, -0.05) is 6.07 Å². The van der Waals surface area contributed by atoms with E-state index in [-0.39, 0.29) is 5.82 Å². The lowest BCUT2D eigenvalue weighted by Crippen LogP contribution is -2.48. The Balaban J connectivity index is 1.21. The Morgan fingerprint density at radius 1 is 1.03 bits per heavy atom. The fourth-order valence-corrected chi connectivity index (χ4v) is 5.63. The molecule has 1 saturated carbocycles. The quantitative estimate of drug-likeness (QED) is 0.652. The van der Waals surface area contributed by atoms with E-state index in [9.17, 15) is 4.39 Å². The number of halogens is 1. The van der Waals surface area contributed by atoms with Gasteiger partial charge in [-0.2, -0.15) is 4.98 Å². The lowest BCUT2D eigenvalue weighted by molar-refractivity contribution is 0.374. The van der Waals surface area contributed by atoms with Crippen LogP contribution in [0.2, 0.25) is 0 Å². The second kappa shape index (κ2) is 7.97. The Morgan fingerprint density at radius 2 is 1.85 bits per heavy atom. The number of aromatic nitrogens is 5. The molecule has 2 bridgehead atoms. The van der Waals surface area contributed by atoms with Crippen LogP contribution in [-0.4, -0.2) is 50.4 Å². The maximum absolute atomic E-state index is 14.2. The Bertz CT molecular complexity index is 1160. The van der Waals surface area contributed by atoms with Crippen molar-refractivity contribution in [2.75, 3.05) is 34.8 Å². The number of nitrogens with zero attached hydrogens (tertiary/aromatic N) is 7. The number of piperidine rings is 1. The van der Waals surface area contributed by atoms with Crippen molar-refractivity contribution >= 4 is 23.4 Å². The fourth-order valence-electron chi connectivity index (χ4n) is 5.63. The molecule has 1 aromatic carbocycles. The molecule has 3 aromatic rings. The predicted octanol–water partition coefficient (Wildman–Crippen LogP) is 3.69. The first-order valence-electron chi connectivity index (χ1n) is 11.8. The van der Waals surface area contributed by atoms with E-state index in [4.69, 9.17) is 10.1 Å². The molecule has 33 heavy (non-hydrogen) atoms. The van der Waals surface area contributed by atoms with Gasteiger partial charge in [-0.25, -0.2) is 19.0 Å². The maximum atomic E-state index is 14.2. The molecular weight excluding hydrogens is 419 g/mol. The van der Waals surface area contributed by atoms with Crippen molar-refractivity contribution in [3.8, 4) is 0 Å². The molecule has 9 heteroatoms. The van der Waals surface area contributed by atoms with Gasteiger partial charge in [0.25, 0.3) is 0 Å². The second-order valence-corrected chi connectivity index (χ2v) is 9.59. The normalized spacial score (nSPS) is 24.2. The van der Waals surface area contributed by atoms with Crippen LogP contribution >= 0.6 is 0 Å². The molecule has 0 radical (unpaired) electrons. The van der Waals surface area contributed by atoms with Crippen LogP contribution in [0, 0.1) is 31.5 Å². The highest BCUT2D eigenvalue weighted by atomic mass is 19.1. The van der Waals surface area contributed by atoms with Crippen LogP contribution in [0.3, 0.4) is 0 Å². The first-order valence-corrected chi connectivity index (χ1v) is 11.8. The third-order valence-corrected chi connectivity index (χ3v) is 7.36. The zero-order valence-corrected chi connectivity index (χ0v) is 19.1. The summed E-state index contributed by atoms with van der Waals surface area (Å²) >= 11 is 0. The molecule has 2 aliphatic heterocycles. The second-order valence-electron chi connectivity index (χ2n) is 9.59. The predicted molar refractivity (Wildman–Crippen MR) is 125 cm³/mol. The molecule has 172 valence electrons. The van der Waals surface area contributed by atoms with Crippen molar-refractivity contribution in [2.24, 2.45) is 11.8 Å². The molecular formula is C24H29FN8. The van der Waals surface area contributed by atoms with Gasteiger partial charge in [0.05, 0.1) is 0 Å². The van der Waals surface area contributed by atoms with E-state index < -0.39 is 0 Å². The summed E-state index contributed by atoms with van der Waals surface area (Å²) < 4.78 is 16.1. The van der Waals surface area contributed by atoms with Crippen LogP contribution in [0.4, 0.5) is 27.8 Å². The first-order chi connectivity index (χ1) is 16.0. The molecule has 0 amide bonds. The molecule has 3 atom stereocenters. The molecule has 6 rings (SSSR count). The fraction of sp³-hybridized carbons (Fsp3) is 0.500. The minimum Gasteiger partial charge on any atom is -0.356 e. The number of rotatable bonds is 4. The van der Waals surface area contributed by atoms with Gasteiger partial charge in [0.1, 0.15) is 18.0 Å². The van der Waals surface area contributed by atoms with Crippen LogP contribution < -0.4 is 15.1 Å². The first kappa shape index (κ1) is 20.4. The van der Waals surface area contributed by atoms with Crippen LogP contribution in [0.15, 0.2) is 30.6 Å². The van der Waals surface area contributed by atoms with E-state index in [2.05, 4.69) is 31.2 Å². The summed E-state index contributed by atoms with van der Waals surface area (Å²) in [5.74, 6) is 3.36. The summed E-state index contributed by atoms with van der Waals surface area (Å²) in [5, 5.41) is 8.44. The lowest BCUT2D eigenvalue weighted by atomic mass is 9.92. The number of anilines is 4. The van der Waals surface area contributed by atoms with E-state index in [0.717, 1.165) is 55.7 Å². The van der Waals surface area contributed by atoms with Gasteiger partial charge >= 0.3 is 0 Å². The molecule has 3 aliphatic rings. The van der Waals surface area contributed by atoms with Crippen LogP contribution in [-0.2, 0) is 6.54 Å². The largest absolute Gasteiger partial charge is 0.356 e. The average molecular weight is 449 g/mol. The average Bonchev–Trinajstić information content (AvgIpc) is 3.31. The third-order valence-electron chi connectivity index (χ3n) is 7.36. The minimum atomic E-state index is -0.190. The van der Waals surface area contributed by atoms with Gasteiger partial charge in [0.15, 0.2) is 0 Å². The monoisotopic (exact) mass is 448 g/mol. The van der Waals surface area contributed by atoms with Crippen molar-refractivity contribution in [3.05, 3.63) is 47.7 Å². The highest BCUT2D eigenvalue weighted by Gasteiger charge is 2.43. The number of benzene rings is 1.